The number of hydrogen-bond donors (Lipinski definition) is 0. The lowest BCUT2D eigenvalue weighted by Crippen LogP contribution is -2.15. The van der Waals surface area contributed by atoms with Gasteiger partial charge in [0.15, 0.2) is 0 Å². The molecule has 0 atom stereocenters. The third-order valence-electron chi connectivity index (χ3n) is 11.4. The molecule has 0 amide bonds. The van der Waals surface area contributed by atoms with Gasteiger partial charge in [-0.25, -0.2) is 0 Å². The smallest absolute Gasteiger partial charge is 0.118 e. The van der Waals surface area contributed by atoms with Crippen molar-refractivity contribution >= 4 is 0 Å². The summed E-state index contributed by atoms with van der Waals surface area (Å²) in [5.41, 5.74) is 20.7. The van der Waals surface area contributed by atoms with Crippen molar-refractivity contribution in [1.82, 2.24) is 0 Å². The van der Waals surface area contributed by atoms with Crippen LogP contribution < -0.4 is 4.74 Å². The zero-order valence-electron chi connectivity index (χ0n) is 29.3. The summed E-state index contributed by atoms with van der Waals surface area (Å²) < 4.78 is 5.38. The van der Waals surface area contributed by atoms with E-state index in [9.17, 15) is 0 Å². The number of fused-ring (bicyclic) bond motifs is 6. The Kier molecular flexibility index (Phi) is 6.80. The maximum Gasteiger partial charge on any atom is 0.118 e. The van der Waals surface area contributed by atoms with E-state index in [4.69, 9.17) is 4.74 Å². The molecule has 7 aromatic rings. The van der Waals surface area contributed by atoms with Crippen molar-refractivity contribution in [3.05, 3.63) is 174 Å². The lowest BCUT2D eigenvalue weighted by Gasteiger charge is -2.23. The molecule has 0 saturated carbocycles. The van der Waals surface area contributed by atoms with Gasteiger partial charge in [0, 0.05) is 10.8 Å². The van der Waals surface area contributed by atoms with E-state index < -0.39 is 0 Å². The van der Waals surface area contributed by atoms with Crippen molar-refractivity contribution < 1.29 is 4.74 Å². The molecule has 0 aromatic heterocycles. The molecule has 2 aliphatic rings. The van der Waals surface area contributed by atoms with Gasteiger partial charge < -0.3 is 4.74 Å². The van der Waals surface area contributed by atoms with E-state index in [-0.39, 0.29) is 10.8 Å². The van der Waals surface area contributed by atoms with Crippen LogP contribution in [0.4, 0.5) is 0 Å². The van der Waals surface area contributed by atoms with Crippen molar-refractivity contribution in [3.63, 3.8) is 0 Å². The molecule has 0 heterocycles. The van der Waals surface area contributed by atoms with Gasteiger partial charge in [-0.15, -0.1) is 0 Å². The first kappa shape index (κ1) is 30.4. The highest BCUT2D eigenvalue weighted by atomic mass is 16.5. The van der Waals surface area contributed by atoms with Crippen LogP contribution in [-0.2, 0) is 10.8 Å². The van der Waals surface area contributed by atoms with Crippen LogP contribution in [-0.4, -0.2) is 7.11 Å². The number of ether oxygens (including phenoxy) is 1. The predicted molar refractivity (Wildman–Crippen MR) is 210 cm³/mol. The van der Waals surface area contributed by atoms with E-state index >= 15 is 0 Å². The lowest BCUT2D eigenvalue weighted by molar-refractivity contribution is 0.415. The second-order valence-corrected chi connectivity index (χ2v) is 15.0. The highest BCUT2D eigenvalue weighted by Gasteiger charge is 2.37. The summed E-state index contributed by atoms with van der Waals surface area (Å²) in [6, 6.07) is 56.2. The minimum atomic E-state index is -0.0975. The fraction of sp³-hybridized carbons (Fsp3) is 0.143. The molecule has 0 fully saturated rings. The van der Waals surface area contributed by atoms with E-state index in [1.165, 1.54) is 89.0 Å². The van der Waals surface area contributed by atoms with Crippen LogP contribution in [0.25, 0.3) is 66.8 Å². The largest absolute Gasteiger partial charge is 0.497 e. The van der Waals surface area contributed by atoms with E-state index in [2.05, 4.69) is 167 Å². The van der Waals surface area contributed by atoms with Crippen molar-refractivity contribution in [2.24, 2.45) is 0 Å². The van der Waals surface area contributed by atoms with Gasteiger partial charge in [0.05, 0.1) is 7.11 Å². The fourth-order valence-electron chi connectivity index (χ4n) is 8.46. The lowest BCUT2D eigenvalue weighted by atomic mass is 9.80. The topological polar surface area (TPSA) is 9.23 Å². The molecule has 2 aliphatic carbocycles. The second kappa shape index (κ2) is 11.2. The predicted octanol–water partition coefficient (Wildman–Crippen LogP) is 13.0. The first-order valence-corrected chi connectivity index (χ1v) is 17.6. The van der Waals surface area contributed by atoms with Crippen molar-refractivity contribution in [2.45, 2.75) is 38.5 Å². The molecule has 0 spiro atoms. The van der Waals surface area contributed by atoms with Crippen LogP contribution in [0, 0.1) is 0 Å². The highest BCUT2D eigenvalue weighted by molar-refractivity contribution is 5.88. The first-order valence-electron chi connectivity index (χ1n) is 17.6. The van der Waals surface area contributed by atoms with Crippen molar-refractivity contribution in [1.29, 1.82) is 0 Å². The Morgan fingerprint density at radius 3 is 0.920 bits per heavy atom. The first-order chi connectivity index (χ1) is 24.2. The number of methoxy groups -OCH3 is 1. The van der Waals surface area contributed by atoms with Crippen LogP contribution in [0.5, 0.6) is 5.75 Å². The normalized spacial score (nSPS) is 14.4. The highest BCUT2D eigenvalue weighted by Crippen LogP contribution is 2.52. The van der Waals surface area contributed by atoms with Crippen molar-refractivity contribution in [2.75, 3.05) is 7.11 Å². The van der Waals surface area contributed by atoms with Gasteiger partial charge in [-0.1, -0.05) is 143 Å². The molecule has 0 radical (unpaired) electrons. The molecule has 0 unspecified atom stereocenters. The maximum absolute atomic E-state index is 5.38. The van der Waals surface area contributed by atoms with Gasteiger partial charge in [-0.3, -0.25) is 0 Å². The maximum atomic E-state index is 5.38. The van der Waals surface area contributed by atoms with E-state index in [1.54, 1.807) is 7.11 Å². The third kappa shape index (κ3) is 4.68. The fourth-order valence-corrected chi connectivity index (χ4v) is 8.46. The van der Waals surface area contributed by atoms with E-state index in [1.807, 2.05) is 12.1 Å². The van der Waals surface area contributed by atoms with Gasteiger partial charge in [-0.05, 0) is 125 Å². The molecular formula is C49H40O. The molecule has 50 heavy (non-hydrogen) atoms. The SMILES string of the molecule is COc1ccc(-c2ccc3c(c2)C(C)(C)c2cc(-c4ccc(-c5ccc6c(c5)C(C)(C)c5cc(-c7ccccc7)ccc5-6)cc4)ccc2-3)cc1. The van der Waals surface area contributed by atoms with Gasteiger partial charge >= 0.3 is 0 Å². The second-order valence-electron chi connectivity index (χ2n) is 15.0. The molecule has 1 heteroatoms. The molecular weight excluding hydrogens is 605 g/mol. The van der Waals surface area contributed by atoms with Gasteiger partial charge in [0.2, 0.25) is 0 Å². The molecule has 242 valence electrons. The quantitative estimate of drug-likeness (QED) is 0.181. The average molecular weight is 645 g/mol. The van der Waals surface area contributed by atoms with Crippen LogP contribution >= 0.6 is 0 Å². The van der Waals surface area contributed by atoms with Gasteiger partial charge in [-0.2, -0.15) is 0 Å². The summed E-state index contributed by atoms with van der Waals surface area (Å²) in [6.07, 6.45) is 0. The molecule has 9 rings (SSSR count). The Hall–Kier alpha value is -5.66. The standard InChI is InChI=1S/C49H40O/c1-48(2)44-27-35(31-9-7-6-8-10-31)17-23-40(44)41-24-18-36(28-45(41)48)32-11-13-33(14-12-32)37-19-25-42-43-26-20-38(34-15-21-39(50-5)22-16-34)30-47(43)49(3,4)46(42)29-37/h6-30H,1-5H3. The molecule has 7 aromatic carbocycles. The van der Waals surface area contributed by atoms with Gasteiger partial charge in [0.25, 0.3) is 0 Å². The monoisotopic (exact) mass is 644 g/mol. The third-order valence-corrected chi connectivity index (χ3v) is 11.4. The average Bonchev–Trinajstić information content (AvgIpc) is 3.53. The van der Waals surface area contributed by atoms with Crippen LogP contribution in [0.1, 0.15) is 49.9 Å². The summed E-state index contributed by atoms with van der Waals surface area (Å²) in [7, 11) is 1.71. The van der Waals surface area contributed by atoms with Crippen LogP contribution in [0.2, 0.25) is 0 Å². The van der Waals surface area contributed by atoms with Gasteiger partial charge in [0.1, 0.15) is 5.75 Å². The zero-order chi connectivity index (χ0) is 34.2. The summed E-state index contributed by atoms with van der Waals surface area (Å²) in [5, 5.41) is 0. The van der Waals surface area contributed by atoms with E-state index in [0.717, 1.165) is 5.75 Å². The summed E-state index contributed by atoms with van der Waals surface area (Å²) in [6.45, 7) is 9.45. The molecule has 0 aliphatic heterocycles. The van der Waals surface area contributed by atoms with Crippen LogP contribution in [0.3, 0.4) is 0 Å². The van der Waals surface area contributed by atoms with E-state index in [0.29, 0.717) is 0 Å². The Morgan fingerprint density at radius 2 is 0.600 bits per heavy atom. The molecule has 1 nitrogen and oxygen atoms in total. The zero-order valence-corrected chi connectivity index (χ0v) is 29.3. The Morgan fingerprint density at radius 1 is 0.320 bits per heavy atom. The molecule has 0 N–H and O–H groups in total. The number of benzene rings is 7. The molecule has 0 saturated heterocycles. The Labute approximate surface area is 295 Å². The Balaban J connectivity index is 1.00. The number of hydrogen-bond acceptors (Lipinski definition) is 1. The minimum Gasteiger partial charge on any atom is -0.497 e. The van der Waals surface area contributed by atoms with Crippen LogP contribution in [0.15, 0.2) is 152 Å². The number of rotatable bonds is 5. The summed E-state index contributed by atoms with van der Waals surface area (Å²) in [4.78, 5) is 0. The summed E-state index contributed by atoms with van der Waals surface area (Å²) >= 11 is 0. The minimum absolute atomic E-state index is 0.0738. The summed E-state index contributed by atoms with van der Waals surface area (Å²) in [5.74, 6) is 0.878. The van der Waals surface area contributed by atoms with Crippen molar-refractivity contribution in [3.8, 4) is 72.5 Å². The molecule has 0 bridgehead atoms. The Bertz CT molecular complexity index is 2430.